The molecule has 1 rings (SSSR count). The third kappa shape index (κ3) is 3.22. The van der Waals surface area contributed by atoms with E-state index in [2.05, 4.69) is 12.6 Å². The van der Waals surface area contributed by atoms with E-state index in [1.165, 1.54) is 0 Å². The highest BCUT2D eigenvalue weighted by molar-refractivity contribution is 7.80. The van der Waals surface area contributed by atoms with Crippen LogP contribution in [0.15, 0.2) is 23.1 Å². The number of halogens is 2. The molecule has 0 aromatic heterocycles. The third-order valence-corrected chi connectivity index (χ3v) is 2.69. The van der Waals surface area contributed by atoms with E-state index >= 15 is 0 Å². The lowest BCUT2D eigenvalue weighted by molar-refractivity contribution is -0.116. The summed E-state index contributed by atoms with van der Waals surface area (Å²) < 4.78 is 0. The van der Waals surface area contributed by atoms with Crippen molar-refractivity contribution in [1.29, 1.82) is 0 Å². The van der Waals surface area contributed by atoms with Crippen molar-refractivity contribution in [3.05, 3.63) is 28.8 Å². The number of carbonyl (C=O) groups is 1. The van der Waals surface area contributed by atoms with Crippen LogP contribution < -0.4 is 0 Å². The first-order chi connectivity index (χ1) is 6.13. The summed E-state index contributed by atoms with van der Waals surface area (Å²) in [6.07, 6.45) is 0.331. The summed E-state index contributed by atoms with van der Waals surface area (Å²) in [6.45, 7) is 0. The second-order valence-electron chi connectivity index (χ2n) is 2.63. The van der Waals surface area contributed by atoms with Crippen molar-refractivity contribution in [2.45, 2.75) is 11.3 Å². The van der Waals surface area contributed by atoms with Gasteiger partial charge in [0.2, 0.25) is 0 Å². The lowest BCUT2D eigenvalue weighted by Gasteiger charge is -2.01. The summed E-state index contributed by atoms with van der Waals surface area (Å²) in [5, 5.41) is 0.559. The molecule has 0 fully saturated rings. The van der Waals surface area contributed by atoms with Gasteiger partial charge >= 0.3 is 0 Å². The highest BCUT2D eigenvalue weighted by atomic mass is 35.5. The van der Waals surface area contributed by atoms with Crippen molar-refractivity contribution in [1.82, 2.24) is 0 Å². The Morgan fingerprint density at radius 1 is 1.46 bits per heavy atom. The van der Waals surface area contributed by atoms with Crippen LogP contribution in [0.2, 0.25) is 5.02 Å². The van der Waals surface area contributed by atoms with Crippen LogP contribution >= 0.6 is 35.8 Å². The Bertz CT molecular complexity index is 325. The predicted molar refractivity (Wildman–Crippen MR) is 58.1 cm³/mol. The number of Topliss-reactive ketones (excluding diaryl/α,β-unsaturated/α-hetero) is 1. The topological polar surface area (TPSA) is 17.1 Å². The van der Waals surface area contributed by atoms with Gasteiger partial charge in [0, 0.05) is 11.3 Å². The first-order valence-corrected chi connectivity index (χ1v) is 5.04. The molecule has 0 spiro atoms. The molecule has 4 heteroatoms. The molecule has 0 aliphatic carbocycles. The first kappa shape index (κ1) is 10.9. The van der Waals surface area contributed by atoms with Gasteiger partial charge in [-0.1, -0.05) is 17.7 Å². The molecule has 0 N–H and O–H groups in total. The van der Waals surface area contributed by atoms with Crippen molar-refractivity contribution in [2.24, 2.45) is 0 Å². The zero-order chi connectivity index (χ0) is 9.84. The minimum atomic E-state index is -0.00959. The molecule has 0 amide bonds. The molecule has 1 aromatic carbocycles. The van der Waals surface area contributed by atoms with Gasteiger partial charge in [-0.2, -0.15) is 0 Å². The molecule has 0 aliphatic heterocycles. The zero-order valence-electron chi connectivity index (χ0n) is 6.76. The van der Waals surface area contributed by atoms with Crippen LogP contribution in [0.3, 0.4) is 0 Å². The fourth-order valence-electron chi connectivity index (χ4n) is 0.935. The molecule has 0 bridgehead atoms. The third-order valence-electron chi connectivity index (χ3n) is 1.56. The molecular weight excluding hydrogens is 227 g/mol. The maximum atomic E-state index is 11.0. The molecular formula is C9H8Cl2OS. The van der Waals surface area contributed by atoms with Crippen LogP contribution in [-0.2, 0) is 11.2 Å². The number of thiol groups is 1. The SMILES string of the molecule is O=C(CCl)Cc1ccc(S)c(Cl)c1. The smallest absolute Gasteiger partial charge is 0.151 e. The molecule has 70 valence electrons. The van der Waals surface area contributed by atoms with Crippen LogP contribution in [0.4, 0.5) is 0 Å². The Morgan fingerprint density at radius 3 is 2.69 bits per heavy atom. The fourth-order valence-corrected chi connectivity index (χ4v) is 1.37. The average molecular weight is 235 g/mol. The monoisotopic (exact) mass is 234 g/mol. The number of alkyl halides is 1. The van der Waals surface area contributed by atoms with Gasteiger partial charge in [0.15, 0.2) is 5.78 Å². The predicted octanol–water partition coefficient (Wildman–Crippen LogP) is 2.98. The van der Waals surface area contributed by atoms with E-state index < -0.39 is 0 Å². The van der Waals surface area contributed by atoms with Crippen LogP contribution in [-0.4, -0.2) is 11.7 Å². The van der Waals surface area contributed by atoms with Gasteiger partial charge in [-0.05, 0) is 17.7 Å². The fraction of sp³-hybridized carbons (Fsp3) is 0.222. The van der Waals surface area contributed by atoms with Gasteiger partial charge in [0.05, 0.1) is 10.9 Å². The highest BCUT2D eigenvalue weighted by Gasteiger charge is 2.03. The minimum absolute atomic E-state index is 0.00959. The summed E-state index contributed by atoms with van der Waals surface area (Å²) in [5.74, 6) is 0.0323. The quantitative estimate of drug-likeness (QED) is 0.629. The molecule has 1 aromatic rings. The molecule has 0 aliphatic rings. The van der Waals surface area contributed by atoms with Gasteiger partial charge in [0.25, 0.3) is 0 Å². The number of hydrogen-bond acceptors (Lipinski definition) is 2. The van der Waals surface area contributed by atoms with Gasteiger partial charge < -0.3 is 0 Å². The summed E-state index contributed by atoms with van der Waals surface area (Å²) in [6, 6.07) is 5.31. The van der Waals surface area contributed by atoms with E-state index in [9.17, 15) is 4.79 Å². The van der Waals surface area contributed by atoms with E-state index in [0.717, 1.165) is 5.56 Å². The normalized spacial score (nSPS) is 10.1. The lowest BCUT2D eigenvalue weighted by Crippen LogP contribution is -2.03. The minimum Gasteiger partial charge on any atom is -0.298 e. The Morgan fingerprint density at radius 2 is 2.15 bits per heavy atom. The molecule has 13 heavy (non-hydrogen) atoms. The Labute approximate surface area is 92.4 Å². The molecule has 0 radical (unpaired) electrons. The zero-order valence-corrected chi connectivity index (χ0v) is 9.16. The number of rotatable bonds is 3. The van der Waals surface area contributed by atoms with Crippen molar-refractivity contribution in [2.75, 3.05) is 5.88 Å². The summed E-state index contributed by atoms with van der Waals surface area (Å²) >= 11 is 15.3. The molecule has 0 unspecified atom stereocenters. The molecule has 0 heterocycles. The van der Waals surface area contributed by atoms with Gasteiger partial charge in [-0.25, -0.2) is 0 Å². The molecule has 0 saturated carbocycles. The molecule has 0 atom stereocenters. The van der Waals surface area contributed by atoms with E-state index in [1.54, 1.807) is 12.1 Å². The van der Waals surface area contributed by atoms with Crippen LogP contribution in [0.1, 0.15) is 5.56 Å². The van der Waals surface area contributed by atoms with Crippen LogP contribution in [0.25, 0.3) is 0 Å². The Kier molecular flexibility index (Phi) is 4.10. The number of ketones is 1. The van der Waals surface area contributed by atoms with Crippen molar-refractivity contribution in [3.8, 4) is 0 Å². The summed E-state index contributed by atoms with van der Waals surface area (Å²) in [5.41, 5.74) is 0.869. The Balaban J connectivity index is 2.79. The number of hydrogen-bond donors (Lipinski definition) is 1. The Hall–Kier alpha value is -0.180. The maximum Gasteiger partial charge on any atom is 0.151 e. The van der Waals surface area contributed by atoms with Crippen LogP contribution in [0.5, 0.6) is 0 Å². The second-order valence-corrected chi connectivity index (χ2v) is 3.79. The van der Waals surface area contributed by atoms with Gasteiger partial charge in [-0.3, -0.25) is 4.79 Å². The van der Waals surface area contributed by atoms with E-state index in [1.807, 2.05) is 6.07 Å². The second kappa shape index (κ2) is 4.89. The summed E-state index contributed by atoms with van der Waals surface area (Å²) in [4.78, 5) is 11.7. The maximum absolute atomic E-state index is 11.0. The largest absolute Gasteiger partial charge is 0.298 e. The van der Waals surface area contributed by atoms with E-state index in [-0.39, 0.29) is 11.7 Å². The highest BCUT2D eigenvalue weighted by Crippen LogP contribution is 2.21. The lowest BCUT2D eigenvalue weighted by atomic mass is 10.1. The molecule has 1 nitrogen and oxygen atoms in total. The molecule has 0 saturated heterocycles. The van der Waals surface area contributed by atoms with E-state index in [0.29, 0.717) is 16.3 Å². The van der Waals surface area contributed by atoms with Crippen LogP contribution in [0, 0.1) is 0 Å². The first-order valence-electron chi connectivity index (χ1n) is 3.68. The van der Waals surface area contributed by atoms with E-state index in [4.69, 9.17) is 23.2 Å². The van der Waals surface area contributed by atoms with Crippen molar-refractivity contribution >= 4 is 41.6 Å². The standard InChI is InChI=1S/C9H8Cl2OS/c10-5-7(12)3-6-1-2-9(13)8(11)4-6/h1-2,4,13H,3,5H2. The number of carbonyl (C=O) groups excluding carboxylic acids is 1. The summed E-state index contributed by atoms with van der Waals surface area (Å²) in [7, 11) is 0. The van der Waals surface area contributed by atoms with Crippen molar-refractivity contribution < 1.29 is 4.79 Å². The van der Waals surface area contributed by atoms with Crippen molar-refractivity contribution in [3.63, 3.8) is 0 Å². The van der Waals surface area contributed by atoms with Gasteiger partial charge in [0.1, 0.15) is 0 Å². The number of benzene rings is 1. The van der Waals surface area contributed by atoms with Gasteiger partial charge in [-0.15, -0.1) is 24.2 Å². The average Bonchev–Trinajstić information content (AvgIpc) is 2.11.